The fourth-order valence-corrected chi connectivity index (χ4v) is 1.92. The van der Waals surface area contributed by atoms with Crippen LogP contribution in [-0.2, 0) is 20.9 Å². The van der Waals surface area contributed by atoms with Crippen molar-refractivity contribution in [1.29, 1.82) is 0 Å². The zero-order chi connectivity index (χ0) is 15.4. The third kappa shape index (κ3) is 3.50. The van der Waals surface area contributed by atoms with E-state index in [0.717, 1.165) is 0 Å². The fourth-order valence-electron chi connectivity index (χ4n) is 1.92. The number of esters is 1. The molecule has 1 aromatic carbocycles. The van der Waals surface area contributed by atoms with Gasteiger partial charge >= 0.3 is 11.7 Å². The van der Waals surface area contributed by atoms with Gasteiger partial charge in [0.05, 0.1) is 5.52 Å². The highest BCUT2D eigenvalue weighted by molar-refractivity contribution is 5.81. The Kier molecular flexibility index (Phi) is 4.42. The van der Waals surface area contributed by atoms with E-state index in [9.17, 15) is 14.4 Å². The van der Waals surface area contributed by atoms with E-state index in [1.165, 1.54) is 11.5 Å². The Hall–Kier alpha value is -2.57. The number of amides is 1. The molecule has 0 saturated heterocycles. The molecule has 0 bridgehead atoms. The van der Waals surface area contributed by atoms with Gasteiger partial charge in [0, 0.05) is 13.0 Å². The lowest BCUT2D eigenvalue weighted by molar-refractivity contribution is -0.153. The molecule has 1 heterocycles. The minimum Gasteiger partial charge on any atom is -0.453 e. The van der Waals surface area contributed by atoms with E-state index in [1.807, 2.05) is 0 Å². The van der Waals surface area contributed by atoms with Gasteiger partial charge in [-0.15, -0.1) is 0 Å². The Morgan fingerprint density at radius 2 is 2.10 bits per heavy atom. The highest BCUT2D eigenvalue weighted by Crippen LogP contribution is 2.12. The smallest absolute Gasteiger partial charge is 0.419 e. The number of rotatable bonds is 6. The van der Waals surface area contributed by atoms with Crippen LogP contribution in [0.2, 0.25) is 0 Å². The standard InChI is InChI=1S/C14H16N2O5/c1-9(13(15)18)20-12(17)7-4-8-16-10-5-2-3-6-11(10)21-14(16)19/h2-3,5-6,9H,4,7-8H2,1H3,(H2,15,18). The summed E-state index contributed by atoms with van der Waals surface area (Å²) in [5.41, 5.74) is 6.19. The second-order valence-electron chi connectivity index (χ2n) is 4.63. The number of aromatic nitrogens is 1. The second-order valence-corrected chi connectivity index (χ2v) is 4.63. The molecule has 0 fully saturated rings. The number of carbonyl (C=O) groups excluding carboxylic acids is 2. The number of primary amides is 1. The van der Waals surface area contributed by atoms with E-state index >= 15 is 0 Å². The van der Waals surface area contributed by atoms with E-state index in [-0.39, 0.29) is 6.42 Å². The summed E-state index contributed by atoms with van der Waals surface area (Å²) < 4.78 is 11.4. The van der Waals surface area contributed by atoms with Crippen molar-refractivity contribution in [3.05, 3.63) is 34.8 Å². The quantitative estimate of drug-likeness (QED) is 0.793. The largest absolute Gasteiger partial charge is 0.453 e. The molecule has 0 aliphatic heterocycles. The minimum absolute atomic E-state index is 0.0869. The van der Waals surface area contributed by atoms with Crippen LogP contribution in [0.15, 0.2) is 33.5 Å². The SMILES string of the molecule is CC(OC(=O)CCCn1c(=O)oc2ccccc21)C(N)=O. The second kappa shape index (κ2) is 6.25. The van der Waals surface area contributed by atoms with Crippen molar-refractivity contribution in [3.63, 3.8) is 0 Å². The summed E-state index contributed by atoms with van der Waals surface area (Å²) in [7, 11) is 0. The zero-order valence-corrected chi connectivity index (χ0v) is 11.6. The summed E-state index contributed by atoms with van der Waals surface area (Å²) in [6, 6.07) is 7.05. The molecule has 1 aromatic heterocycles. The first-order valence-corrected chi connectivity index (χ1v) is 6.56. The molecule has 7 heteroatoms. The van der Waals surface area contributed by atoms with Gasteiger partial charge in [0.2, 0.25) is 0 Å². The number of fused-ring (bicyclic) bond motifs is 1. The first kappa shape index (κ1) is 14.8. The Morgan fingerprint density at radius 3 is 2.81 bits per heavy atom. The Balaban J connectivity index is 1.94. The van der Waals surface area contributed by atoms with Crippen LogP contribution >= 0.6 is 0 Å². The predicted molar refractivity (Wildman–Crippen MR) is 74.5 cm³/mol. The first-order chi connectivity index (χ1) is 9.99. The number of para-hydroxylation sites is 2. The number of hydrogen-bond donors (Lipinski definition) is 1. The Bertz CT molecular complexity index is 715. The van der Waals surface area contributed by atoms with Gasteiger partial charge in [-0.1, -0.05) is 12.1 Å². The van der Waals surface area contributed by atoms with Gasteiger partial charge in [-0.25, -0.2) is 4.79 Å². The number of carbonyl (C=O) groups is 2. The van der Waals surface area contributed by atoms with Gasteiger partial charge in [-0.05, 0) is 25.5 Å². The molecule has 2 rings (SSSR count). The zero-order valence-electron chi connectivity index (χ0n) is 11.6. The molecule has 0 radical (unpaired) electrons. The number of aryl methyl sites for hydroxylation is 1. The Labute approximate surface area is 120 Å². The molecule has 112 valence electrons. The van der Waals surface area contributed by atoms with E-state index < -0.39 is 23.7 Å². The summed E-state index contributed by atoms with van der Waals surface area (Å²) in [6.07, 6.45) is -0.466. The maximum Gasteiger partial charge on any atom is 0.419 e. The van der Waals surface area contributed by atoms with Crippen LogP contribution in [0.5, 0.6) is 0 Å². The average Bonchev–Trinajstić information content (AvgIpc) is 2.75. The molecule has 21 heavy (non-hydrogen) atoms. The first-order valence-electron chi connectivity index (χ1n) is 6.56. The molecule has 2 N–H and O–H groups in total. The monoisotopic (exact) mass is 292 g/mol. The van der Waals surface area contributed by atoms with Crippen molar-refractivity contribution in [2.75, 3.05) is 0 Å². The van der Waals surface area contributed by atoms with Crippen molar-refractivity contribution in [3.8, 4) is 0 Å². The van der Waals surface area contributed by atoms with Gasteiger partial charge in [0.15, 0.2) is 11.7 Å². The van der Waals surface area contributed by atoms with Gasteiger partial charge in [-0.2, -0.15) is 0 Å². The van der Waals surface area contributed by atoms with Crippen LogP contribution in [0.1, 0.15) is 19.8 Å². The number of nitrogens with zero attached hydrogens (tertiary/aromatic N) is 1. The van der Waals surface area contributed by atoms with Gasteiger partial charge < -0.3 is 14.9 Å². The third-order valence-corrected chi connectivity index (χ3v) is 3.05. The predicted octanol–water partition coefficient (Wildman–Crippen LogP) is 0.792. The summed E-state index contributed by atoms with van der Waals surface area (Å²) in [5, 5.41) is 0. The van der Waals surface area contributed by atoms with Gasteiger partial charge in [0.25, 0.3) is 5.91 Å². The normalized spacial score (nSPS) is 12.2. The van der Waals surface area contributed by atoms with Gasteiger partial charge in [0.1, 0.15) is 0 Å². The molecule has 0 spiro atoms. The number of benzene rings is 1. The lowest BCUT2D eigenvalue weighted by Gasteiger charge is -2.09. The summed E-state index contributed by atoms with van der Waals surface area (Å²) in [6.45, 7) is 1.74. The van der Waals surface area contributed by atoms with E-state index in [2.05, 4.69) is 0 Å². The van der Waals surface area contributed by atoms with Crippen LogP contribution in [-0.4, -0.2) is 22.5 Å². The fraction of sp³-hybridized carbons (Fsp3) is 0.357. The Morgan fingerprint density at radius 1 is 1.38 bits per heavy atom. The van der Waals surface area contributed by atoms with E-state index in [4.69, 9.17) is 14.9 Å². The molecule has 1 atom stereocenters. The molecule has 0 aliphatic rings. The maximum atomic E-state index is 11.7. The molecular formula is C14H16N2O5. The van der Waals surface area contributed by atoms with Gasteiger partial charge in [-0.3, -0.25) is 14.2 Å². The molecule has 1 amide bonds. The van der Waals surface area contributed by atoms with Crippen molar-refractivity contribution in [2.45, 2.75) is 32.4 Å². The average molecular weight is 292 g/mol. The van der Waals surface area contributed by atoms with Crippen LogP contribution in [0.25, 0.3) is 11.1 Å². The molecule has 0 aliphatic carbocycles. The van der Waals surface area contributed by atoms with Crippen molar-refractivity contribution < 1.29 is 18.7 Å². The van der Waals surface area contributed by atoms with E-state index in [1.54, 1.807) is 24.3 Å². The summed E-state index contributed by atoms with van der Waals surface area (Å²) in [5.74, 6) is -1.68. The number of hydrogen-bond acceptors (Lipinski definition) is 5. The molecule has 7 nitrogen and oxygen atoms in total. The van der Waals surface area contributed by atoms with Crippen molar-refractivity contribution >= 4 is 23.0 Å². The highest BCUT2D eigenvalue weighted by atomic mass is 16.5. The van der Waals surface area contributed by atoms with Crippen LogP contribution in [0.3, 0.4) is 0 Å². The lowest BCUT2D eigenvalue weighted by Crippen LogP contribution is -2.30. The number of nitrogens with two attached hydrogens (primary N) is 1. The lowest BCUT2D eigenvalue weighted by atomic mass is 10.3. The molecular weight excluding hydrogens is 276 g/mol. The van der Waals surface area contributed by atoms with Crippen LogP contribution in [0, 0.1) is 0 Å². The van der Waals surface area contributed by atoms with Crippen molar-refractivity contribution in [2.24, 2.45) is 5.73 Å². The number of ether oxygens (including phenoxy) is 1. The molecule has 1 unspecified atom stereocenters. The third-order valence-electron chi connectivity index (χ3n) is 3.05. The summed E-state index contributed by atoms with van der Waals surface area (Å²) >= 11 is 0. The van der Waals surface area contributed by atoms with Crippen molar-refractivity contribution in [1.82, 2.24) is 4.57 Å². The maximum absolute atomic E-state index is 11.7. The van der Waals surface area contributed by atoms with Crippen LogP contribution in [0.4, 0.5) is 0 Å². The van der Waals surface area contributed by atoms with Crippen LogP contribution < -0.4 is 11.5 Å². The molecule has 0 saturated carbocycles. The highest BCUT2D eigenvalue weighted by Gasteiger charge is 2.14. The number of oxazole rings is 1. The topological polar surface area (TPSA) is 105 Å². The minimum atomic E-state index is -0.949. The summed E-state index contributed by atoms with van der Waals surface area (Å²) in [4.78, 5) is 34.0. The molecule has 2 aromatic rings. The van der Waals surface area contributed by atoms with E-state index in [0.29, 0.717) is 24.1 Å².